The summed E-state index contributed by atoms with van der Waals surface area (Å²) >= 11 is 0. The van der Waals surface area contributed by atoms with Crippen molar-refractivity contribution >= 4 is 84.4 Å². The van der Waals surface area contributed by atoms with Crippen molar-refractivity contribution in [2.45, 2.75) is 173 Å². The number of allylic oxidation sites excluding steroid dienone is 10. The minimum Gasteiger partial charge on any atom is -0.678 e. The van der Waals surface area contributed by atoms with E-state index < -0.39 is 6.10 Å². The van der Waals surface area contributed by atoms with Crippen LogP contribution in [0.25, 0.3) is 128 Å². The summed E-state index contributed by atoms with van der Waals surface area (Å²) in [6.45, 7) is 25.3. The first-order chi connectivity index (χ1) is 68.6. The molecule has 15 aromatic rings. The average molecular weight is 2830 g/mol. The summed E-state index contributed by atoms with van der Waals surface area (Å²) in [6, 6.07) is 104. The molecule has 0 fully saturated rings. The van der Waals surface area contributed by atoms with E-state index in [4.69, 9.17) is 50.6 Å². The molecule has 5 aromatic heterocycles. The third kappa shape index (κ3) is 30.8. The number of Topliss-reactive ketones (excluding diaryl/α,β-unsaturated/α-hetero) is 1. The van der Waals surface area contributed by atoms with Crippen molar-refractivity contribution in [3.8, 4) is 67.4 Å². The van der Waals surface area contributed by atoms with Crippen LogP contribution in [0.5, 0.6) is 0 Å². The van der Waals surface area contributed by atoms with Gasteiger partial charge in [-0.25, -0.2) is 9.98 Å². The van der Waals surface area contributed by atoms with E-state index in [2.05, 4.69) is 211 Å². The van der Waals surface area contributed by atoms with Crippen LogP contribution < -0.4 is 15.7 Å². The van der Waals surface area contributed by atoms with E-state index in [1.165, 1.54) is 124 Å². The van der Waals surface area contributed by atoms with Gasteiger partial charge in [0.25, 0.3) is 0 Å². The quantitative estimate of drug-likeness (QED) is 0.0287. The summed E-state index contributed by atoms with van der Waals surface area (Å²) < 4.78 is 0. The van der Waals surface area contributed by atoms with Crippen LogP contribution in [-0.4, -0.2) is 86.3 Å². The number of fused-ring (bicyclic) bond motifs is 11. The first-order valence-electron chi connectivity index (χ1n) is 48.7. The molecule has 20 rings (SSSR count). The second-order valence-electron chi connectivity index (χ2n) is 34.3. The molecule has 1 aliphatic carbocycles. The minimum atomic E-state index is -0.831. The number of benzene rings is 10. The number of rotatable bonds is 17. The number of carbonyl (C=O) groups is 3. The summed E-state index contributed by atoms with van der Waals surface area (Å²) in [5.74, 6) is 0.222. The molecule has 146 heavy (non-hydrogen) atoms. The standard InChI is InChI=1S/C36H46N4.C20H13N2.C19H12N.C17H12N.C15H10N.C8H12O3.2C5H8O2.4Ir.Pt/c1-9-21-22(10-2)30-18-32-25(13-5)26(14-6)34(39-32)20-36-28(16-8)27(15-7)35(40-36)19-33-24(12-4)23(11-3)31(38-33)17-29(21)37-30;1-3-9-15(10-4-1)19-20(16-11-5-2-6-12-16)22-18-14-8-7-13-17(18)21-19;1-2-8-14(9-3-1)19-17-12-5-4-10-15(17)16-11-6-7-13-18(16)20-19;1-2-7-14(8-3-1)15-9-6-10-16(13-15)17-11-4-5-12-18-17;1-2-7-13(8-3-1)15-14-9-5-4-6-12(14)10-11-16-15;1-5(9)8-6(10)3-2-4-7(8)11;2*1-4(6)3-5(2)7;;;;;/h17-21,29H,9-16H2,1-8H3;1-11,13-14H;1-8,10-13H;1-9,11-13H;1-7,9-11H;5,9-10H,2-4H2,1H3;2*3,6H,1-2H3;;;;;/q-2;4*-1;;;;;;;;+2. The van der Waals surface area contributed by atoms with E-state index in [9.17, 15) is 19.5 Å². The summed E-state index contributed by atoms with van der Waals surface area (Å²) in [4.78, 5) is 70.2. The van der Waals surface area contributed by atoms with Gasteiger partial charge in [-0.2, -0.15) is 0 Å². The first-order valence-corrected chi connectivity index (χ1v) is 48.7. The molecule has 8 bridgehead atoms. The number of para-hydroxylation sites is 3. The topological polar surface area (TPSA) is 249 Å². The van der Waals surface area contributed by atoms with Gasteiger partial charge in [0.05, 0.1) is 68.3 Å². The van der Waals surface area contributed by atoms with Crippen LogP contribution in [0.4, 0.5) is 0 Å². The van der Waals surface area contributed by atoms with Crippen LogP contribution in [0, 0.1) is 30.2 Å². The third-order valence-corrected chi connectivity index (χ3v) is 24.6. The Morgan fingerprint density at radius 1 is 0.438 bits per heavy atom. The van der Waals surface area contributed by atoms with Gasteiger partial charge in [-0.1, -0.05) is 261 Å². The van der Waals surface area contributed by atoms with Crippen LogP contribution in [-0.2, 0) is 129 Å². The van der Waals surface area contributed by atoms with Crippen molar-refractivity contribution in [2.75, 3.05) is 0 Å². The molecular weight excluding hydrogens is 2700 g/mol. The average Bonchev–Trinajstić information content (AvgIpc) is 1.53. The molecule has 0 amide bonds. The SMILES string of the molecule is CC(=O)C=C(C)O.CC(=O)C=C(C)O.CC(O)C1=C(O)CCCC1=O.CCC1=C(CC)C2=NC1=CC1=C(CC)C(CC)C(C=C3N=C(C=c4[n-]c(c(CC)c4CC)=C2)C(CC)=C3CC)[N-]1.[Ir].[Ir].[Ir].[Ir].[Pt+2].[c-]1ccc(-c2ccccc2)cc1-c1ccccn1.[c-]1ccccc1-c1nc2ccccc2c2ccccc12.[c-]1ccccc1-c1nc2ccccc2nc1-c1ccccc1.[c-]1ccccc1-c1nccc2ccccc12. The summed E-state index contributed by atoms with van der Waals surface area (Å²) in [6.07, 6.45) is 23.8. The molecule has 4 aliphatic heterocycles. The zero-order chi connectivity index (χ0) is 99.9. The maximum atomic E-state index is 11.1. The van der Waals surface area contributed by atoms with Crippen molar-refractivity contribution < 1.29 is 136 Å². The predicted octanol–water partition coefficient (Wildman–Crippen LogP) is 28.2. The molecule has 10 aromatic carbocycles. The molecule has 0 saturated carbocycles. The smallest absolute Gasteiger partial charge is 0.678 e. The van der Waals surface area contributed by atoms with Crippen molar-refractivity contribution in [1.82, 2.24) is 29.9 Å². The van der Waals surface area contributed by atoms with Crippen LogP contribution in [0.15, 0.2) is 387 Å². The monoisotopic (exact) mass is 2830 g/mol. The van der Waals surface area contributed by atoms with Crippen LogP contribution in [0.3, 0.4) is 0 Å². The van der Waals surface area contributed by atoms with Crippen LogP contribution in [0.1, 0.15) is 159 Å². The van der Waals surface area contributed by atoms with Crippen molar-refractivity contribution in [3.63, 3.8) is 0 Å². The molecule has 4 N–H and O–H groups in total. The number of aliphatic hydroxyl groups excluding tert-OH is 4. The van der Waals surface area contributed by atoms with Crippen molar-refractivity contribution in [3.05, 3.63) is 429 Å². The number of hydrogen-bond donors (Lipinski definition) is 4. The van der Waals surface area contributed by atoms with Gasteiger partial charge >= 0.3 is 21.1 Å². The van der Waals surface area contributed by atoms with E-state index >= 15 is 0 Å². The molecule has 21 heteroatoms. The summed E-state index contributed by atoms with van der Waals surface area (Å²) in [5.41, 5.74) is 30.3. The number of ketones is 3. The Balaban J connectivity index is 0.000000215. The van der Waals surface area contributed by atoms with Gasteiger partial charge < -0.3 is 40.7 Å². The second-order valence-corrected chi connectivity index (χ2v) is 34.3. The zero-order valence-corrected chi connectivity index (χ0v) is 96.2. The fourth-order valence-electron chi connectivity index (χ4n) is 18.2. The molecule has 5 aliphatic rings. The Labute approximate surface area is 927 Å². The first kappa shape index (κ1) is 119. The van der Waals surface area contributed by atoms with E-state index in [0.717, 1.165) is 163 Å². The fraction of sp³-hybridized carbons (Fsp3) is 0.216. The van der Waals surface area contributed by atoms with Crippen molar-refractivity contribution in [1.29, 1.82) is 0 Å². The van der Waals surface area contributed by atoms with E-state index in [1.54, 1.807) is 6.20 Å². The molecule has 16 nitrogen and oxygen atoms in total. The number of aliphatic imine (C=N–C) groups is 2. The molecule has 0 saturated heterocycles. The van der Waals surface area contributed by atoms with Gasteiger partial charge in [-0.15, -0.1) is 159 Å². The Morgan fingerprint density at radius 2 is 0.911 bits per heavy atom. The summed E-state index contributed by atoms with van der Waals surface area (Å²) in [7, 11) is 0. The Bertz CT molecular complexity index is 7270. The normalized spacial score (nSPS) is 14.4. The minimum absolute atomic E-state index is 0. The second kappa shape index (κ2) is 59.3. The predicted molar refractivity (Wildman–Crippen MR) is 578 cm³/mol. The van der Waals surface area contributed by atoms with Gasteiger partial charge in [-0.05, 0) is 194 Å². The fourth-order valence-corrected chi connectivity index (χ4v) is 18.2. The molecular formula is C125H121Ir4N9O7Pt-4. The molecule has 9 heterocycles. The third-order valence-electron chi connectivity index (χ3n) is 24.6. The van der Waals surface area contributed by atoms with E-state index in [0.29, 0.717) is 25.2 Å². The Kier molecular flexibility index (Phi) is 48.3. The maximum Gasteiger partial charge on any atom is 2.00 e. The number of aliphatic hydroxyl groups is 4. The van der Waals surface area contributed by atoms with Gasteiger partial charge in [-0.3, -0.25) is 29.3 Å². The molecule has 3 unspecified atom stereocenters. The van der Waals surface area contributed by atoms with Crippen LogP contribution >= 0.6 is 0 Å². The number of aromatic nitrogens is 6. The van der Waals surface area contributed by atoms with E-state index in [1.807, 2.05) is 182 Å². The Hall–Kier alpha value is -12.5. The molecule has 758 valence electrons. The maximum absolute atomic E-state index is 11.1. The molecule has 0 spiro atoms. The van der Waals surface area contributed by atoms with Crippen LogP contribution in [0.2, 0.25) is 0 Å². The summed E-state index contributed by atoms with van der Waals surface area (Å²) in [5, 5.41) is 48.5. The van der Waals surface area contributed by atoms with Gasteiger partial charge in [0.15, 0.2) is 17.3 Å². The largest absolute Gasteiger partial charge is 2.00 e. The number of hydrogen-bond acceptors (Lipinski definition) is 14. The molecule has 4 radical (unpaired) electrons. The van der Waals surface area contributed by atoms with Gasteiger partial charge in [0.2, 0.25) is 0 Å². The van der Waals surface area contributed by atoms with E-state index in [-0.39, 0.29) is 148 Å². The Morgan fingerprint density at radius 3 is 1.40 bits per heavy atom. The molecule has 3 atom stereocenters. The number of carbonyl (C=O) groups excluding carboxylic acids is 3. The number of nitrogens with zero attached hydrogens (tertiary/aromatic N) is 9. The zero-order valence-electron chi connectivity index (χ0n) is 84.3. The van der Waals surface area contributed by atoms with Gasteiger partial charge in [0.1, 0.15) is 5.76 Å². The van der Waals surface area contributed by atoms with Crippen molar-refractivity contribution in [2.24, 2.45) is 15.9 Å². The van der Waals surface area contributed by atoms with Gasteiger partial charge in [0, 0.05) is 129 Å². The number of pyridine rings is 3.